The third-order valence-corrected chi connectivity index (χ3v) is 2.51. The lowest BCUT2D eigenvalue weighted by Gasteiger charge is -2.20. The van der Waals surface area contributed by atoms with E-state index in [1.165, 1.54) is 4.90 Å². The Balaban J connectivity index is 2.51. The van der Waals surface area contributed by atoms with Crippen molar-refractivity contribution in [2.45, 2.75) is 0 Å². The van der Waals surface area contributed by atoms with E-state index in [-0.39, 0.29) is 0 Å². The number of hydrogen-bond acceptors (Lipinski definition) is 2. The topological polar surface area (TPSA) is 59.2 Å². The number of primary amides is 1. The summed E-state index contributed by atoms with van der Waals surface area (Å²) in [4.78, 5) is 16.9. The fourth-order valence-corrected chi connectivity index (χ4v) is 1.69. The van der Waals surface area contributed by atoms with Gasteiger partial charge in [-0.1, -0.05) is 29.8 Å². The van der Waals surface area contributed by atoms with Gasteiger partial charge in [-0.15, -0.1) is 0 Å². The van der Waals surface area contributed by atoms with E-state index in [4.69, 9.17) is 17.3 Å². The van der Waals surface area contributed by atoms with E-state index < -0.39 is 6.03 Å². The van der Waals surface area contributed by atoms with E-state index >= 15 is 0 Å². The average molecular weight is 248 g/mol. The minimum Gasteiger partial charge on any atom is -0.351 e. The molecule has 1 heterocycles. The van der Waals surface area contributed by atoms with E-state index in [9.17, 15) is 4.79 Å². The van der Waals surface area contributed by atoms with Crippen LogP contribution >= 0.6 is 11.6 Å². The van der Waals surface area contributed by atoms with Crippen molar-refractivity contribution in [1.29, 1.82) is 0 Å². The van der Waals surface area contributed by atoms with Gasteiger partial charge in [0.1, 0.15) is 5.82 Å². The first-order valence-electron chi connectivity index (χ1n) is 4.95. The Hall–Kier alpha value is -2.07. The summed E-state index contributed by atoms with van der Waals surface area (Å²) < 4.78 is 0. The third-order valence-electron chi connectivity index (χ3n) is 2.19. The molecule has 1 aromatic carbocycles. The van der Waals surface area contributed by atoms with Gasteiger partial charge in [0.2, 0.25) is 0 Å². The molecule has 0 fully saturated rings. The van der Waals surface area contributed by atoms with Crippen LogP contribution in [0, 0.1) is 0 Å². The van der Waals surface area contributed by atoms with Crippen LogP contribution in [-0.4, -0.2) is 11.0 Å². The number of carbonyl (C=O) groups excluding carboxylic acids is 1. The highest BCUT2D eigenvalue weighted by Gasteiger charge is 2.17. The molecule has 0 saturated carbocycles. The number of urea groups is 1. The molecule has 0 bridgehead atoms. The summed E-state index contributed by atoms with van der Waals surface area (Å²) in [5.74, 6) is 0.438. The van der Waals surface area contributed by atoms with Gasteiger partial charge < -0.3 is 5.73 Å². The summed E-state index contributed by atoms with van der Waals surface area (Å²) in [6, 6.07) is 11.6. The zero-order valence-corrected chi connectivity index (χ0v) is 9.63. The number of carbonyl (C=O) groups is 1. The number of halogens is 1. The van der Waals surface area contributed by atoms with Crippen molar-refractivity contribution in [3.8, 4) is 0 Å². The molecule has 2 aromatic rings. The number of hydrogen-bond donors (Lipinski definition) is 1. The summed E-state index contributed by atoms with van der Waals surface area (Å²) in [6.07, 6.45) is 1.59. The van der Waals surface area contributed by atoms with E-state index in [0.29, 0.717) is 16.5 Å². The zero-order chi connectivity index (χ0) is 12.3. The Bertz CT molecular complexity index is 530. The molecule has 2 rings (SSSR count). The molecule has 17 heavy (non-hydrogen) atoms. The fraction of sp³-hybridized carbons (Fsp3) is 0. The minimum absolute atomic E-state index is 0.438. The maximum Gasteiger partial charge on any atom is 0.325 e. The van der Waals surface area contributed by atoms with E-state index in [0.717, 1.165) is 0 Å². The van der Waals surface area contributed by atoms with Crippen molar-refractivity contribution in [2.24, 2.45) is 5.73 Å². The molecule has 5 heteroatoms. The number of para-hydroxylation sites is 1. The predicted molar refractivity (Wildman–Crippen MR) is 67.4 cm³/mol. The second-order valence-corrected chi connectivity index (χ2v) is 3.72. The molecule has 0 atom stereocenters. The lowest BCUT2D eigenvalue weighted by atomic mass is 10.3. The number of anilines is 2. The van der Waals surface area contributed by atoms with Gasteiger partial charge >= 0.3 is 6.03 Å². The van der Waals surface area contributed by atoms with Gasteiger partial charge in [-0.05, 0) is 24.3 Å². The summed E-state index contributed by atoms with van der Waals surface area (Å²) in [7, 11) is 0. The molecule has 2 amide bonds. The molecule has 0 aliphatic carbocycles. The smallest absolute Gasteiger partial charge is 0.325 e. The Kier molecular flexibility index (Phi) is 3.25. The van der Waals surface area contributed by atoms with Crippen molar-refractivity contribution in [1.82, 2.24) is 4.98 Å². The maximum atomic E-state index is 11.5. The second kappa shape index (κ2) is 4.84. The number of nitrogens with zero attached hydrogens (tertiary/aromatic N) is 2. The minimum atomic E-state index is -0.628. The monoisotopic (exact) mass is 247 g/mol. The summed E-state index contributed by atoms with van der Waals surface area (Å²) in [5, 5.41) is 0.442. The van der Waals surface area contributed by atoms with E-state index in [2.05, 4.69) is 4.98 Å². The summed E-state index contributed by atoms with van der Waals surface area (Å²) in [5.41, 5.74) is 5.87. The predicted octanol–water partition coefficient (Wildman–Crippen LogP) is 2.95. The first kappa shape index (κ1) is 11.4. The van der Waals surface area contributed by atoms with Crippen LogP contribution in [0.25, 0.3) is 0 Å². The number of rotatable bonds is 2. The van der Waals surface area contributed by atoms with Crippen molar-refractivity contribution in [3.05, 3.63) is 53.7 Å². The van der Waals surface area contributed by atoms with Crippen LogP contribution in [-0.2, 0) is 0 Å². The number of nitrogens with two attached hydrogens (primary N) is 1. The Morgan fingerprint density at radius 2 is 1.88 bits per heavy atom. The molecule has 0 aliphatic rings. The van der Waals surface area contributed by atoms with Crippen molar-refractivity contribution < 1.29 is 4.79 Å². The van der Waals surface area contributed by atoms with Crippen molar-refractivity contribution >= 4 is 29.1 Å². The van der Waals surface area contributed by atoms with Crippen molar-refractivity contribution in [3.63, 3.8) is 0 Å². The van der Waals surface area contributed by atoms with E-state index in [1.807, 2.05) is 0 Å². The first-order chi connectivity index (χ1) is 8.20. The van der Waals surface area contributed by atoms with Gasteiger partial charge in [0.25, 0.3) is 0 Å². The van der Waals surface area contributed by atoms with Crippen LogP contribution in [0.3, 0.4) is 0 Å². The van der Waals surface area contributed by atoms with Crippen LogP contribution in [0.5, 0.6) is 0 Å². The molecular formula is C12H10ClN3O. The Morgan fingerprint density at radius 1 is 1.18 bits per heavy atom. The standard InChI is InChI=1S/C12H10ClN3O/c13-9-5-1-2-6-10(9)16(12(14)17)11-7-3-4-8-15-11/h1-8H,(H2,14,17). The Morgan fingerprint density at radius 3 is 2.47 bits per heavy atom. The fourth-order valence-electron chi connectivity index (χ4n) is 1.47. The van der Waals surface area contributed by atoms with Gasteiger partial charge in [0.05, 0.1) is 10.7 Å². The molecule has 1 aromatic heterocycles. The van der Waals surface area contributed by atoms with Crippen LogP contribution in [0.15, 0.2) is 48.7 Å². The van der Waals surface area contributed by atoms with E-state index in [1.54, 1.807) is 48.7 Å². The molecule has 0 radical (unpaired) electrons. The van der Waals surface area contributed by atoms with Gasteiger partial charge in [-0.3, -0.25) is 0 Å². The number of amides is 2. The highest BCUT2D eigenvalue weighted by Crippen LogP contribution is 2.29. The van der Waals surface area contributed by atoms with Crippen LogP contribution < -0.4 is 10.6 Å². The summed E-state index contributed by atoms with van der Waals surface area (Å²) in [6.45, 7) is 0. The highest BCUT2D eigenvalue weighted by atomic mass is 35.5. The van der Waals surface area contributed by atoms with Gasteiger partial charge in [0, 0.05) is 6.20 Å². The summed E-state index contributed by atoms with van der Waals surface area (Å²) >= 11 is 6.04. The molecule has 0 unspecified atom stereocenters. The lowest BCUT2D eigenvalue weighted by molar-refractivity contribution is 0.256. The number of pyridine rings is 1. The largest absolute Gasteiger partial charge is 0.351 e. The lowest BCUT2D eigenvalue weighted by Crippen LogP contribution is -2.32. The van der Waals surface area contributed by atoms with Crippen LogP contribution in [0.2, 0.25) is 5.02 Å². The highest BCUT2D eigenvalue weighted by molar-refractivity contribution is 6.34. The van der Waals surface area contributed by atoms with Gasteiger partial charge in [-0.2, -0.15) is 0 Å². The normalized spacial score (nSPS) is 9.94. The number of aromatic nitrogens is 1. The third kappa shape index (κ3) is 2.37. The molecule has 86 valence electrons. The molecule has 0 aliphatic heterocycles. The second-order valence-electron chi connectivity index (χ2n) is 3.31. The zero-order valence-electron chi connectivity index (χ0n) is 8.88. The molecular weight excluding hydrogens is 238 g/mol. The molecule has 0 saturated heterocycles. The quantitative estimate of drug-likeness (QED) is 0.887. The molecule has 0 spiro atoms. The first-order valence-corrected chi connectivity index (χ1v) is 5.33. The number of benzene rings is 1. The average Bonchev–Trinajstić information content (AvgIpc) is 2.33. The molecule has 2 N–H and O–H groups in total. The maximum absolute atomic E-state index is 11.5. The van der Waals surface area contributed by atoms with Crippen LogP contribution in [0.4, 0.5) is 16.3 Å². The molecule has 4 nitrogen and oxygen atoms in total. The Labute approximate surface area is 104 Å². The van der Waals surface area contributed by atoms with Gasteiger partial charge in [-0.25, -0.2) is 14.7 Å². The SMILES string of the molecule is NC(=O)N(c1ccccn1)c1ccccc1Cl. The van der Waals surface area contributed by atoms with Crippen LogP contribution in [0.1, 0.15) is 0 Å². The van der Waals surface area contributed by atoms with Gasteiger partial charge in [0.15, 0.2) is 0 Å². The van der Waals surface area contributed by atoms with Crippen molar-refractivity contribution in [2.75, 3.05) is 4.90 Å².